The first kappa shape index (κ1) is 16.3. The third kappa shape index (κ3) is 3.19. The maximum atomic E-state index is 12.4. The number of halogens is 1. The molecule has 7 heteroatoms. The number of fused-ring (bicyclic) bond motifs is 1. The first-order chi connectivity index (χ1) is 11.5. The molecule has 3 rings (SSSR count). The summed E-state index contributed by atoms with van der Waals surface area (Å²) in [6, 6.07) is 8.80. The minimum Gasteiger partial charge on any atom is -0.493 e. The maximum Gasteiger partial charge on any atom is 0.357 e. The van der Waals surface area contributed by atoms with Gasteiger partial charge >= 0.3 is 5.97 Å². The summed E-state index contributed by atoms with van der Waals surface area (Å²) in [7, 11) is 0. The van der Waals surface area contributed by atoms with Crippen LogP contribution in [0.3, 0.4) is 0 Å². The number of aromatic hydroxyl groups is 1. The van der Waals surface area contributed by atoms with Gasteiger partial charge in [-0.3, -0.25) is 0 Å². The zero-order valence-corrected chi connectivity index (χ0v) is 14.0. The largest absolute Gasteiger partial charge is 0.493 e. The van der Waals surface area contributed by atoms with Crippen molar-refractivity contribution in [3.63, 3.8) is 0 Å². The molecule has 0 unspecified atom stereocenters. The Labute approximate surface area is 143 Å². The number of rotatable bonds is 4. The van der Waals surface area contributed by atoms with Crippen molar-refractivity contribution >= 4 is 23.2 Å². The van der Waals surface area contributed by atoms with Crippen molar-refractivity contribution in [2.75, 3.05) is 0 Å². The molecule has 1 aromatic carbocycles. The second kappa shape index (κ2) is 6.49. The monoisotopic (exact) mass is 345 g/mol. The van der Waals surface area contributed by atoms with Crippen LogP contribution in [0.15, 0.2) is 36.5 Å². The Morgan fingerprint density at radius 1 is 1.38 bits per heavy atom. The molecule has 0 saturated heterocycles. The van der Waals surface area contributed by atoms with Gasteiger partial charge in [0.05, 0.1) is 17.9 Å². The first-order valence-corrected chi connectivity index (χ1v) is 7.84. The van der Waals surface area contributed by atoms with E-state index in [1.165, 1.54) is 10.7 Å². The van der Waals surface area contributed by atoms with Crippen LogP contribution in [0.1, 0.15) is 35.5 Å². The Hall–Kier alpha value is -2.60. The van der Waals surface area contributed by atoms with E-state index in [2.05, 4.69) is 10.1 Å². The van der Waals surface area contributed by atoms with E-state index in [0.29, 0.717) is 16.2 Å². The van der Waals surface area contributed by atoms with E-state index in [-0.39, 0.29) is 24.1 Å². The zero-order chi connectivity index (χ0) is 17.3. The molecule has 0 saturated carbocycles. The Morgan fingerprint density at radius 3 is 2.88 bits per heavy atom. The Kier molecular flexibility index (Phi) is 4.40. The molecule has 1 N–H and O–H groups in total. The van der Waals surface area contributed by atoms with Gasteiger partial charge in [-0.05, 0) is 31.5 Å². The van der Waals surface area contributed by atoms with E-state index in [1.54, 1.807) is 38.1 Å². The maximum absolute atomic E-state index is 12.4. The molecule has 0 aliphatic heterocycles. The number of hydrogen-bond donors (Lipinski definition) is 1. The van der Waals surface area contributed by atoms with Crippen LogP contribution in [-0.2, 0) is 11.2 Å². The Balaban J connectivity index is 2.12. The van der Waals surface area contributed by atoms with Gasteiger partial charge in [-0.2, -0.15) is 9.61 Å². The number of carbonyl (C=O) groups is 1. The number of esters is 1. The van der Waals surface area contributed by atoms with Crippen molar-refractivity contribution in [3.05, 3.63) is 58.4 Å². The van der Waals surface area contributed by atoms with E-state index in [0.717, 1.165) is 5.56 Å². The highest BCUT2D eigenvalue weighted by molar-refractivity contribution is 6.30. The predicted molar refractivity (Wildman–Crippen MR) is 89.5 cm³/mol. The molecule has 0 aliphatic carbocycles. The summed E-state index contributed by atoms with van der Waals surface area (Å²) in [5, 5.41) is 15.2. The third-order valence-electron chi connectivity index (χ3n) is 3.41. The summed E-state index contributed by atoms with van der Waals surface area (Å²) < 4.78 is 6.53. The second-order valence-corrected chi connectivity index (χ2v) is 6.06. The molecule has 0 aliphatic rings. The first-order valence-electron chi connectivity index (χ1n) is 7.46. The van der Waals surface area contributed by atoms with E-state index in [9.17, 15) is 9.90 Å². The fourth-order valence-electron chi connectivity index (χ4n) is 2.41. The molecule has 2 heterocycles. The van der Waals surface area contributed by atoms with Gasteiger partial charge in [-0.15, -0.1) is 0 Å². The van der Waals surface area contributed by atoms with Crippen molar-refractivity contribution < 1.29 is 14.6 Å². The van der Waals surface area contributed by atoms with Crippen LogP contribution in [-0.4, -0.2) is 31.8 Å². The zero-order valence-electron chi connectivity index (χ0n) is 13.2. The van der Waals surface area contributed by atoms with Crippen LogP contribution >= 0.6 is 11.6 Å². The predicted octanol–water partition coefficient (Wildman–Crippen LogP) is 3.24. The lowest BCUT2D eigenvalue weighted by atomic mass is 10.0. The van der Waals surface area contributed by atoms with Crippen molar-refractivity contribution in [2.45, 2.75) is 26.4 Å². The molecule has 24 heavy (non-hydrogen) atoms. The summed E-state index contributed by atoms with van der Waals surface area (Å²) in [5.74, 6) is -0.721. The molecule has 3 aromatic rings. The van der Waals surface area contributed by atoms with Crippen LogP contribution < -0.4 is 0 Å². The number of aromatic nitrogens is 3. The summed E-state index contributed by atoms with van der Waals surface area (Å²) in [4.78, 5) is 16.7. The third-order valence-corrected chi connectivity index (χ3v) is 3.65. The minimum atomic E-state index is -0.582. The molecule has 0 amide bonds. The highest BCUT2D eigenvalue weighted by Gasteiger charge is 2.23. The Bertz CT molecular complexity index is 905. The van der Waals surface area contributed by atoms with Gasteiger partial charge in [0.2, 0.25) is 5.88 Å². The average molecular weight is 346 g/mol. The van der Waals surface area contributed by atoms with Gasteiger partial charge in [0.15, 0.2) is 11.3 Å². The van der Waals surface area contributed by atoms with Crippen LogP contribution in [0.25, 0.3) is 5.65 Å². The summed E-state index contributed by atoms with van der Waals surface area (Å²) in [6.45, 7) is 3.51. The highest BCUT2D eigenvalue weighted by Crippen LogP contribution is 2.26. The highest BCUT2D eigenvalue weighted by atomic mass is 35.5. The summed E-state index contributed by atoms with van der Waals surface area (Å²) in [5.41, 5.74) is 1.64. The smallest absolute Gasteiger partial charge is 0.357 e. The van der Waals surface area contributed by atoms with Crippen LogP contribution in [0.4, 0.5) is 0 Å². The molecule has 0 atom stereocenters. The van der Waals surface area contributed by atoms with Crippen LogP contribution in [0.2, 0.25) is 5.02 Å². The van der Waals surface area contributed by atoms with Gasteiger partial charge in [0, 0.05) is 17.5 Å². The SMILES string of the molecule is CC(C)OC(=O)c1nc2ccnn2c(O)c1Cc1cccc(Cl)c1. The van der Waals surface area contributed by atoms with Crippen LogP contribution in [0.5, 0.6) is 5.88 Å². The summed E-state index contributed by atoms with van der Waals surface area (Å²) >= 11 is 6.01. The number of hydrogen-bond acceptors (Lipinski definition) is 5. The fraction of sp³-hybridized carbons (Fsp3) is 0.235. The van der Waals surface area contributed by atoms with Crippen molar-refractivity contribution in [3.8, 4) is 5.88 Å². The topological polar surface area (TPSA) is 76.7 Å². The number of ether oxygens (including phenoxy) is 1. The molecule has 0 spiro atoms. The van der Waals surface area contributed by atoms with Gasteiger partial charge in [-0.25, -0.2) is 9.78 Å². The quantitative estimate of drug-likeness (QED) is 0.734. The van der Waals surface area contributed by atoms with Crippen LogP contribution in [0, 0.1) is 0 Å². The average Bonchev–Trinajstić information content (AvgIpc) is 2.98. The van der Waals surface area contributed by atoms with E-state index < -0.39 is 5.97 Å². The molecular formula is C17H16ClN3O3. The number of benzene rings is 1. The minimum absolute atomic E-state index is 0.0779. The molecule has 6 nitrogen and oxygen atoms in total. The lowest BCUT2D eigenvalue weighted by Crippen LogP contribution is -2.17. The summed E-state index contributed by atoms with van der Waals surface area (Å²) in [6.07, 6.45) is 1.49. The van der Waals surface area contributed by atoms with Crippen molar-refractivity contribution in [2.24, 2.45) is 0 Å². The fourth-order valence-corrected chi connectivity index (χ4v) is 2.63. The normalized spacial score (nSPS) is 11.2. The standard InChI is InChI=1S/C17H16ClN3O3/c1-10(2)24-17(23)15-13(9-11-4-3-5-12(18)8-11)16(22)21-14(20-15)6-7-19-21/h3-8,10,22H,9H2,1-2H3. The van der Waals surface area contributed by atoms with E-state index in [1.807, 2.05) is 6.07 Å². The van der Waals surface area contributed by atoms with Gasteiger partial charge in [-0.1, -0.05) is 23.7 Å². The molecule has 0 radical (unpaired) electrons. The van der Waals surface area contributed by atoms with Crippen molar-refractivity contribution in [1.82, 2.24) is 14.6 Å². The molecule has 124 valence electrons. The molecule has 0 fully saturated rings. The number of nitrogens with zero attached hydrogens (tertiary/aromatic N) is 3. The van der Waals surface area contributed by atoms with Gasteiger partial charge < -0.3 is 9.84 Å². The van der Waals surface area contributed by atoms with E-state index >= 15 is 0 Å². The van der Waals surface area contributed by atoms with Gasteiger partial charge in [0.25, 0.3) is 0 Å². The van der Waals surface area contributed by atoms with Gasteiger partial charge in [0.1, 0.15) is 0 Å². The van der Waals surface area contributed by atoms with E-state index in [4.69, 9.17) is 16.3 Å². The lowest BCUT2D eigenvalue weighted by molar-refractivity contribution is 0.0369. The molecule has 0 bridgehead atoms. The second-order valence-electron chi connectivity index (χ2n) is 5.62. The number of carbonyl (C=O) groups excluding carboxylic acids is 1. The lowest BCUT2D eigenvalue weighted by Gasteiger charge is -2.13. The molecule has 2 aromatic heterocycles. The Morgan fingerprint density at radius 2 is 2.17 bits per heavy atom. The van der Waals surface area contributed by atoms with Crippen molar-refractivity contribution in [1.29, 1.82) is 0 Å². The molecular weight excluding hydrogens is 330 g/mol.